The lowest BCUT2D eigenvalue weighted by atomic mass is 10.1. The van der Waals surface area contributed by atoms with Gasteiger partial charge < -0.3 is 10.6 Å². The monoisotopic (exact) mass is 239 g/mol. The van der Waals surface area contributed by atoms with Crippen molar-refractivity contribution in [3.8, 4) is 0 Å². The van der Waals surface area contributed by atoms with Crippen LogP contribution in [-0.2, 0) is 0 Å². The molecule has 1 aromatic heterocycles. The van der Waals surface area contributed by atoms with Gasteiger partial charge in [0.2, 0.25) is 0 Å². The summed E-state index contributed by atoms with van der Waals surface area (Å²) in [5, 5.41) is 7.29. The highest BCUT2D eigenvalue weighted by atomic mass is 32.1. The Labute approximate surface area is 99.5 Å². The van der Waals surface area contributed by atoms with E-state index in [9.17, 15) is 4.79 Å². The molecule has 0 spiro atoms. The van der Waals surface area contributed by atoms with Crippen molar-refractivity contribution in [3.05, 3.63) is 15.6 Å². The average Bonchev–Trinajstić information content (AvgIpc) is 2.59. The molecule has 0 bridgehead atoms. The standard InChI is InChI=1S/C11H17N3OS/c1-7-10(16-8(2)13-7)11(15)14-9-4-3-5-12-6-9/h9,12H,3-6H2,1-2H3,(H,14,15)/t9-/m1/s1. The first-order valence-electron chi connectivity index (χ1n) is 5.62. The topological polar surface area (TPSA) is 54.0 Å². The maximum Gasteiger partial charge on any atom is 0.263 e. The molecule has 0 unspecified atom stereocenters. The molecule has 0 saturated carbocycles. The molecule has 0 radical (unpaired) electrons. The van der Waals surface area contributed by atoms with Crippen molar-refractivity contribution in [2.24, 2.45) is 0 Å². The fourth-order valence-corrected chi connectivity index (χ4v) is 2.79. The van der Waals surface area contributed by atoms with Crippen LogP contribution < -0.4 is 10.6 Å². The van der Waals surface area contributed by atoms with Crippen LogP contribution in [0.5, 0.6) is 0 Å². The van der Waals surface area contributed by atoms with Gasteiger partial charge in [0.1, 0.15) is 4.88 Å². The molecular weight excluding hydrogens is 222 g/mol. The van der Waals surface area contributed by atoms with Gasteiger partial charge in [-0.15, -0.1) is 11.3 Å². The van der Waals surface area contributed by atoms with Crippen LogP contribution in [-0.4, -0.2) is 30.0 Å². The quantitative estimate of drug-likeness (QED) is 0.816. The number of rotatable bonds is 2. The Balaban J connectivity index is 1.99. The van der Waals surface area contributed by atoms with Crippen molar-refractivity contribution in [2.75, 3.05) is 13.1 Å². The average molecular weight is 239 g/mol. The molecule has 1 atom stereocenters. The van der Waals surface area contributed by atoms with Crippen molar-refractivity contribution in [3.63, 3.8) is 0 Å². The summed E-state index contributed by atoms with van der Waals surface area (Å²) in [6, 6.07) is 0.267. The highest BCUT2D eigenvalue weighted by Gasteiger charge is 2.19. The normalized spacial score (nSPS) is 20.8. The molecule has 1 aliphatic heterocycles. The van der Waals surface area contributed by atoms with Gasteiger partial charge in [-0.2, -0.15) is 0 Å². The summed E-state index contributed by atoms with van der Waals surface area (Å²) >= 11 is 1.47. The number of nitrogens with zero attached hydrogens (tertiary/aromatic N) is 1. The molecule has 2 rings (SSSR count). The second-order valence-electron chi connectivity index (χ2n) is 4.16. The van der Waals surface area contributed by atoms with Gasteiger partial charge in [-0.25, -0.2) is 4.98 Å². The van der Waals surface area contributed by atoms with Gasteiger partial charge in [0.15, 0.2) is 0 Å². The van der Waals surface area contributed by atoms with E-state index in [0.717, 1.165) is 41.5 Å². The molecule has 88 valence electrons. The number of carbonyl (C=O) groups excluding carboxylic acids is 1. The first kappa shape index (κ1) is 11.5. The molecule has 4 nitrogen and oxygen atoms in total. The summed E-state index contributed by atoms with van der Waals surface area (Å²) in [5.41, 5.74) is 0.837. The second-order valence-corrected chi connectivity index (χ2v) is 5.37. The molecule has 1 saturated heterocycles. The van der Waals surface area contributed by atoms with E-state index in [1.54, 1.807) is 0 Å². The summed E-state index contributed by atoms with van der Waals surface area (Å²) in [5.74, 6) is 0.0248. The number of aryl methyl sites for hydroxylation is 2. The Morgan fingerprint density at radius 1 is 1.56 bits per heavy atom. The SMILES string of the molecule is Cc1nc(C)c(C(=O)N[C@@H]2CCCNC2)s1. The molecule has 1 aromatic rings. The molecule has 16 heavy (non-hydrogen) atoms. The van der Waals surface area contributed by atoms with E-state index in [1.807, 2.05) is 13.8 Å². The van der Waals surface area contributed by atoms with Crippen molar-refractivity contribution >= 4 is 17.2 Å². The van der Waals surface area contributed by atoms with E-state index >= 15 is 0 Å². The fourth-order valence-electron chi connectivity index (χ4n) is 1.97. The summed E-state index contributed by atoms with van der Waals surface area (Å²) in [7, 11) is 0. The maximum atomic E-state index is 12.0. The lowest BCUT2D eigenvalue weighted by Crippen LogP contribution is -2.45. The molecule has 0 aromatic carbocycles. The Kier molecular flexibility index (Phi) is 3.56. The van der Waals surface area contributed by atoms with E-state index < -0.39 is 0 Å². The zero-order valence-electron chi connectivity index (χ0n) is 9.67. The molecule has 1 fully saturated rings. The predicted molar refractivity (Wildman–Crippen MR) is 64.9 cm³/mol. The molecule has 0 aliphatic carbocycles. The lowest BCUT2D eigenvalue weighted by Gasteiger charge is -2.23. The van der Waals surface area contributed by atoms with E-state index in [-0.39, 0.29) is 11.9 Å². The summed E-state index contributed by atoms with van der Waals surface area (Å²) < 4.78 is 0. The highest BCUT2D eigenvalue weighted by molar-refractivity contribution is 7.13. The van der Waals surface area contributed by atoms with Crippen LogP contribution >= 0.6 is 11.3 Å². The summed E-state index contributed by atoms with van der Waals surface area (Å²) in [6.07, 6.45) is 2.20. The Bertz CT molecular complexity index is 383. The maximum absolute atomic E-state index is 12.0. The lowest BCUT2D eigenvalue weighted by molar-refractivity contribution is 0.0934. The minimum absolute atomic E-state index is 0.0248. The number of thiazole rings is 1. The molecule has 2 heterocycles. The fraction of sp³-hybridized carbons (Fsp3) is 0.636. The van der Waals surface area contributed by atoms with Crippen LogP contribution in [0.25, 0.3) is 0 Å². The van der Waals surface area contributed by atoms with Gasteiger partial charge >= 0.3 is 0 Å². The Morgan fingerprint density at radius 3 is 2.94 bits per heavy atom. The van der Waals surface area contributed by atoms with Crippen LogP contribution in [0, 0.1) is 13.8 Å². The van der Waals surface area contributed by atoms with E-state index in [0.29, 0.717) is 0 Å². The number of carbonyl (C=O) groups is 1. The number of nitrogens with one attached hydrogen (secondary N) is 2. The van der Waals surface area contributed by atoms with Crippen LogP contribution in [0.1, 0.15) is 33.2 Å². The first-order valence-corrected chi connectivity index (χ1v) is 6.44. The molecule has 1 aliphatic rings. The predicted octanol–water partition coefficient (Wildman–Crippen LogP) is 1.24. The minimum atomic E-state index is 0.0248. The number of piperidine rings is 1. The second kappa shape index (κ2) is 4.93. The van der Waals surface area contributed by atoms with Gasteiger partial charge in [0.05, 0.1) is 10.7 Å². The molecule has 2 N–H and O–H groups in total. The Morgan fingerprint density at radius 2 is 2.38 bits per heavy atom. The van der Waals surface area contributed by atoms with E-state index in [4.69, 9.17) is 0 Å². The van der Waals surface area contributed by atoms with Crippen LogP contribution in [0.2, 0.25) is 0 Å². The number of hydrogen-bond acceptors (Lipinski definition) is 4. The van der Waals surface area contributed by atoms with Crippen molar-refractivity contribution in [1.82, 2.24) is 15.6 Å². The zero-order valence-corrected chi connectivity index (χ0v) is 10.5. The van der Waals surface area contributed by atoms with E-state index in [2.05, 4.69) is 15.6 Å². The third kappa shape index (κ3) is 2.59. The number of hydrogen-bond donors (Lipinski definition) is 2. The first-order chi connectivity index (χ1) is 7.66. The van der Waals surface area contributed by atoms with Crippen LogP contribution in [0.15, 0.2) is 0 Å². The van der Waals surface area contributed by atoms with Gasteiger partial charge in [-0.1, -0.05) is 0 Å². The molecular formula is C11H17N3OS. The van der Waals surface area contributed by atoms with Crippen molar-refractivity contribution in [2.45, 2.75) is 32.7 Å². The van der Waals surface area contributed by atoms with Gasteiger partial charge in [-0.05, 0) is 33.2 Å². The number of amides is 1. The van der Waals surface area contributed by atoms with Crippen molar-refractivity contribution in [1.29, 1.82) is 0 Å². The summed E-state index contributed by atoms with van der Waals surface area (Å²) in [6.45, 7) is 5.75. The zero-order chi connectivity index (χ0) is 11.5. The summed E-state index contributed by atoms with van der Waals surface area (Å²) in [4.78, 5) is 17.0. The third-order valence-electron chi connectivity index (χ3n) is 2.74. The smallest absolute Gasteiger partial charge is 0.263 e. The van der Waals surface area contributed by atoms with Crippen molar-refractivity contribution < 1.29 is 4.79 Å². The highest BCUT2D eigenvalue weighted by Crippen LogP contribution is 2.17. The minimum Gasteiger partial charge on any atom is -0.347 e. The van der Waals surface area contributed by atoms with E-state index in [1.165, 1.54) is 11.3 Å². The third-order valence-corrected chi connectivity index (χ3v) is 3.81. The number of aromatic nitrogens is 1. The molecule has 1 amide bonds. The largest absolute Gasteiger partial charge is 0.347 e. The Hall–Kier alpha value is -0.940. The molecule has 5 heteroatoms. The van der Waals surface area contributed by atoms with Crippen LogP contribution in [0.3, 0.4) is 0 Å². The van der Waals surface area contributed by atoms with Crippen LogP contribution in [0.4, 0.5) is 0 Å². The van der Waals surface area contributed by atoms with Gasteiger partial charge in [0.25, 0.3) is 5.91 Å². The van der Waals surface area contributed by atoms with Gasteiger partial charge in [0, 0.05) is 12.6 Å². The van der Waals surface area contributed by atoms with Gasteiger partial charge in [-0.3, -0.25) is 4.79 Å².